The predicted molar refractivity (Wildman–Crippen MR) is 38.4 cm³/mol. The van der Waals surface area contributed by atoms with Gasteiger partial charge in [0.2, 0.25) is 0 Å². The van der Waals surface area contributed by atoms with E-state index in [1.807, 2.05) is 0 Å². The first-order chi connectivity index (χ1) is 3.35. The molecule has 0 spiro atoms. The van der Waals surface area contributed by atoms with Gasteiger partial charge in [0.05, 0.1) is 0 Å². The van der Waals surface area contributed by atoms with Crippen molar-refractivity contribution < 1.29 is 14.0 Å². The van der Waals surface area contributed by atoms with Crippen molar-refractivity contribution in [3.63, 3.8) is 0 Å². The zero-order chi connectivity index (χ0) is 5.70. The molecule has 2 radical (unpaired) electrons. The molecule has 3 nitrogen and oxygen atoms in total. The van der Waals surface area contributed by atoms with E-state index in [-0.39, 0.29) is 11.0 Å². The smallest absolute Gasteiger partial charge is 0.412 e. The Morgan fingerprint density at radius 1 is 1.22 bits per heavy atom. The summed E-state index contributed by atoms with van der Waals surface area (Å²) < 4.78 is 5.10. The molecule has 0 aromatic rings. The fraction of sp³-hybridized carbons (Fsp3) is 1.00. The number of rotatable bonds is 3. The van der Waals surface area contributed by atoms with Gasteiger partial charge in [0.1, 0.15) is 0 Å². The molecule has 0 aliphatic carbocycles. The summed E-state index contributed by atoms with van der Waals surface area (Å²) in [5, 5.41) is 0. The monoisotopic (exact) mass is 244 g/mol. The molecule has 4 heteroatoms. The topological polar surface area (TPSA) is 72.2 Å². The van der Waals surface area contributed by atoms with Crippen LogP contribution < -0.4 is 0 Å². The van der Waals surface area contributed by atoms with Crippen LogP contribution >= 0.6 is 0 Å². The standard InChI is InChI=1S/C5H11O.2H2O.Sb/c1-3-5(6)4-2;;;/h5H,3-4H2,1-2H3;2*1H2;/q-1;;;+1. The minimum Gasteiger partial charge on any atom is -0.412 e. The molecule has 0 fully saturated rings. The molecule has 0 aliphatic rings. The fourth-order valence-electron chi connectivity index (χ4n) is 0.438. The van der Waals surface area contributed by atoms with Crippen LogP contribution in [0.3, 0.4) is 0 Å². The second-order valence-electron chi connectivity index (χ2n) is 1.54. The van der Waals surface area contributed by atoms with Gasteiger partial charge >= 0.3 is 59.3 Å². The maximum atomic E-state index is 5.10. The molecular weight excluding hydrogens is 230 g/mol. The zero-order valence-corrected chi connectivity index (χ0v) is 8.40. The van der Waals surface area contributed by atoms with Crippen LogP contribution in [0, 0.1) is 0 Å². The van der Waals surface area contributed by atoms with Crippen molar-refractivity contribution in [2.24, 2.45) is 0 Å². The van der Waals surface area contributed by atoms with Gasteiger partial charge < -0.3 is 11.0 Å². The third-order valence-electron chi connectivity index (χ3n) is 1.06. The van der Waals surface area contributed by atoms with E-state index >= 15 is 0 Å². The minimum atomic E-state index is 0. The molecule has 0 bridgehead atoms. The van der Waals surface area contributed by atoms with Gasteiger partial charge in [0.25, 0.3) is 0 Å². The summed E-state index contributed by atoms with van der Waals surface area (Å²) >= 11 is 1.45. The Bertz CT molecular complexity index is 33.7. The average Bonchev–Trinajstić information content (AvgIpc) is 1.72. The molecule has 0 rings (SSSR count). The van der Waals surface area contributed by atoms with Gasteiger partial charge in [-0.1, -0.05) is 0 Å². The molecule has 9 heavy (non-hydrogen) atoms. The summed E-state index contributed by atoms with van der Waals surface area (Å²) in [6.45, 7) is 4.29. The van der Waals surface area contributed by atoms with Crippen LogP contribution in [-0.4, -0.2) is 40.5 Å². The number of hydrogen-bond donors (Lipinski definition) is 0. The summed E-state index contributed by atoms with van der Waals surface area (Å²) in [4.78, 5) is 0. The van der Waals surface area contributed by atoms with Crippen LogP contribution in [0.25, 0.3) is 0 Å². The predicted octanol–water partition coefficient (Wildman–Crippen LogP) is -0.374. The van der Waals surface area contributed by atoms with Crippen molar-refractivity contribution in [3.05, 3.63) is 0 Å². The Hall–Kier alpha value is 0.698. The fourth-order valence-corrected chi connectivity index (χ4v) is 1.29. The van der Waals surface area contributed by atoms with E-state index in [1.165, 1.54) is 23.4 Å². The van der Waals surface area contributed by atoms with Gasteiger partial charge in [-0.15, -0.1) is 0 Å². The van der Waals surface area contributed by atoms with Gasteiger partial charge in [-0.05, 0) is 0 Å². The van der Waals surface area contributed by atoms with Gasteiger partial charge in [-0.3, -0.25) is 0 Å². The number of hydrogen-bond acceptors (Lipinski definition) is 1. The Morgan fingerprint density at radius 3 is 1.56 bits per heavy atom. The third-order valence-corrected chi connectivity index (χ3v) is 1.91. The van der Waals surface area contributed by atoms with E-state index < -0.39 is 0 Å². The van der Waals surface area contributed by atoms with Crippen LogP contribution in [0.15, 0.2) is 0 Å². The van der Waals surface area contributed by atoms with E-state index in [9.17, 15) is 0 Å². The van der Waals surface area contributed by atoms with Crippen LogP contribution in [0.1, 0.15) is 26.7 Å². The summed E-state index contributed by atoms with van der Waals surface area (Å²) in [5.74, 6) is 0. The van der Waals surface area contributed by atoms with Crippen molar-refractivity contribution in [1.29, 1.82) is 0 Å². The summed E-state index contributed by atoms with van der Waals surface area (Å²) in [5.41, 5.74) is 0. The molecule has 0 saturated heterocycles. The van der Waals surface area contributed by atoms with Crippen molar-refractivity contribution >= 4 is 23.4 Å². The normalized spacial score (nSPS) is 8.00. The van der Waals surface area contributed by atoms with Crippen molar-refractivity contribution in [3.8, 4) is 0 Å². The van der Waals surface area contributed by atoms with Gasteiger partial charge in [-0.25, -0.2) is 0 Å². The van der Waals surface area contributed by atoms with Gasteiger partial charge in [0, 0.05) is 0 Å². The maximum Gasteiger partial charge on any atom is -0.412 e. The molecule has 0 amide bonds. The molecule has 0 unspecified atom stereocenters. The van der Waals surface area contributed by atoms with E-state index in [0.717, 1.165) is 12.8 Å². The van der Waals surface area contributed by atoms with Crippen molar-refractivity contribution in [1.82, 2.24) is 0 Å². The molecule has 58 valence electrons. The summed E-state index contributed by atoms with van der Waals surface area (Å²) in [6.07, 6.45) is 2.80. The van der Waals surface area contributed by atoms with E-state index in [1.54, 1.807) is 0 Å². The van der Waals surface area contributed by atoms with Crippen molar-refractivity contribution in [2.45, 2.75) is 32.8 Å². The van der Waals surface area contributed by atoms with Gasteiger partial charge in [-0.2, -0.15) is 0 Å². The third kappa shape index (κ3) is 8.70. The molecule has 4 N–H and O–H groups in total. The first-order valence-electron chi connectivity index (χ1n) is 2.65. The Morgan fingerprint density at radius 2 is 1.56 bits per heavy atom. The Kier molecular flexibility index (Phi) is 20.9. The second kappa shape index (κ2) is 11.5. The summed E-state index contributed by atoms with van der Waals surface area (Å²) in [7, 11) is 0. The minimum absolute atomic E-state index is 0. The molecule has 0 atom stereocenters. The second-order valence-corrected chi connectivity index (χ2v) is 2.15. The van der Waals surface area contributed by atoms with E-state index in [0.29, 0.717) is 6.10 Å². The molecular formula is C5H15O3Sb. The maximum absolute atomic E-state index is 5.10. The van der Waals surface area contributed by atoms with Gasteiger partial charge in [0.15, 0.2) is 0 Å². The quantitative estimate of drug-likeness (QED) is 0.625. The summed E-state index contributed by atoms with van der Waals surface area (Å²) in [6, 6.07) is 0. The Balaban J connectivity index is -0.000000180. The molecule has 0 aromatic heterocycles. The molecule has 0 aliphatic heterocycles. The zero-order valence-electron chi connectivity index (χ0n) is 5.85. The van der Waals surface area contributed by atoms with Crippen LogP contribution in [-0.2, 0) is 3.02 Å². The average molecular weight is 245 g/mol. The SMILES string of the molecule is CCC(CC)[O][Sb].O.O. The molecule has 0 saturated carbocycles. The van der Waals surface area contributed by atoms with Crippen LogP contribution in [0.5, 0.6) is 0 Å². The molecule has 0 heterocycles. The van der Waals surface area contributed by atoms with Crippen LogP contribution in [0.2, 0.25) is 0 Å². The largest absolute Gasteiger partial charge is 0.412 e. The Labute approximate surface area is 70.4 Å². The van der Waals surface area contributed by atoms with Crippen LogP contribution in [0.4, 0.5) is 0 Å². The van der Waals surface area contributed by atoms with E-state index in [2.05, 4.69) is 13.8 Å². The first-order valence-corrected chi connectivity index (χ1v) is 3.69. The first kappa shape index (κ1) is 16.4. The molecule has 0 aromatic carbocycles. The van der Waals surface area contributed by atoms with E-state index in [4.69, 9.17) is 3.02 Å². The van der Waals surface area contributed by atoms with Crippen molar-refractivity contribution in [2.75, 3.05) is 0 Å².